The Kier molecular flexibility index (Phi) is 8.41. The van der Waals surface area contributed by atoms with Crippen LogP contribution in [0.4, 0.5) is 5.69 Å². The maximum atomic E-state index is 13.3. The molecule has 0 aliphatic heterocycles. The van der Waals surface area contributed by atoms with Gasteiger partial charge in [-0.3, -0.25) is 4.98 Å². The molecule has 1 aromatic carbocycles. The lowest BCUT2D eigenvalue weighted by Gasteiger charge is -2.20. The molecule has 12 heteroatoms. The SMILES string of the molecule is C=CCN(CC=C)S(=O)(=O)c1cnccc1N[S+](=O)(O)c1cccc(-c2cnc(OC)c(Cl)c2)c1. The van der Waals surface area contributed by atoms with Crippen LogP contribution in [0.1, 0.15) is 0 Å². The number of rotatable bonds is 11. The Hall–Kier alpha value is -3.09. The lowest BCUT2D eigenvalue weighted by Crippen LogP contribution is -2.32. The van der Waals surface area contributed by atoms with E-state index in [1.165, 1.54) is 49.9 Å². The zero-order valence-electron chi connectivity index (χ0n) is 18.8. The summed E-state index contributed by atoms with van der Waals surface area (Å²) in [6, 6.07) is 9.21. The molecule has 3 rings (SSSR count). The van der Waals surface area contributed by atoms with Crippen molar-refractivity contribution in [3.8, 4) is 17.0 Å². The van der Waals surface area contributed by atoms with E-state index in [-0.39, 0.29) is 39.5 Å². The first-order chi connectivity index (χ1) is 16.6. The van der Waals surface area contributed by atoms with Gasteiger partial charge >= 0.3 is 10.4 Å². The molecule has 0 saturated heterocycles. The van der Waals surface area contributed by atoms with Crippen molar-refractivity contribution in [3.63, 3.8) is 0 Å². The molecule has 2 heterocycles. The van der Waals surface area contributed by atoms with Crippen LogP contribution in [0.5, 0.6) is 5.88 Å². The molecule has 0 aliphatic carbocycles. The quantitative estimate of drug-likeness (QED) is 0.273. The van der Waals surface area contributed by atoms with Crippen molar-refractivity contribution >= 4 is 37.7 Å². The minimum Gasteiger partial charge on any atom is -0.480 e. The molecule has 0 bridgehead atoms. The van der Waals surface area contributed by atoms with Gasteiger partial charge in [-0.15, -0.1) is 13.2 Å². The molecule has 9 nitrogen and oxygen atoms in total. The van der Waals surface area contributed by atoms with E-state index in [4.69, 9.17) is 16.3 Å². The Morgan fingerprint density at radius 3 is 2.51 bits per heavy atom. The fraction of sp³-hybridized carbons (Fsp3) is 0.130. The Bertz CT molecular complexity index is 1390. The smallest absolute Gasteiger partial charge is 0.346 e. The molecule has 2 N–H and O–H groups in total. The Balaban J connectivity index is 1.98. The van der Waals surface area contributed by atoms with Crippen LogP contribution in [0.25, 0.3) is 11.1 Å². The molecular formula is C23H24ClN4O5S2+. The summed E-state index contributed by atoms with van der Waals surface area (Å²) in [4.78, 5) is 7.78. The van der Waals surface area contributed by atoms with E-state index in [9.17, 15) is 17.2 Å². The summed E-state index contributed by atoms with van der Waals surface area (Å²) < 4.78 is 59.3. The lowest BCUT2D eigenvalue weighted by atomic mass is 10.1. The van der Waals surface area contributed by atoms with Crippen molar-refractivity contribution in [2.75, 3.05) is 24.9 Å². The number of benzene rings is 1. The first-order valence-electron chi connectivity index (χ1n) is 10.1. The third kappa shape index (κ3) is 5.95. The second kappa shape index (κ2) is 11.1. The van der Waals surface area contributed by atoms with Crippen LogP contribution in [0, 0.1) is 0 Å². The largest absolute Gasteiger partial charge is 0.480 e. The van der Waals surface area contributed by atoms with Crippen molar-refractivity contribution in [3.05, 3.63) is 85.3 Å². The molecule has 1 atom stereocenters. The zero-order valence-corrected chi connectivity index (χ0v) is 21.2. The fourth-order valence-electron chi connectivity index (χ4n) is 3.16. The van der Waals surface area contributed by atoms with E-state index in [2.05, 4.69) is 27.8 Å². The maximum absolute atomic E-state index is 13.3. The summed E-state index contributed by atoms with van der Waals surface area (Å²) >= 11 is 6.16. The topological polar surface area (TPSA) is 122 Å². The molecule has 184 valence electrons. The van der Waals surface area contributed by atoms with E-state index in [1.54, 1.807) is 18.2 Å². The predicted octanol–water partition coefficient (Wildman–Crippen LogP) is 4.53. The summed E-state index contributed by atoms with van der Waals surface area (Å²) in [6.07, 6.45) is 6.84. The summed E-state index contributed by atoms with van der Waals surface area (Å²) in [5, 5.41) is 0.286. The van der Waals surface area contributed by atoms with Gasteiger partial charge < -0.3 is 4.74 Å². The van der Waals surface area contributed by atoms with Gasteiger partial charge in [0.15, 0.2) is 0 Å². The Morgan fingerprint density at radius 2 is 1.89 bits per heavy atom. The number of methoxy groups -OCH3 is 1. The third-order valence-corrected chi connectivity index (χ3v) is 8.32. The number of sulfonamides is 1. The van der Waals surface area contributed by atoms with Gasteiger partial charge in [0.1, 0.15) is 15.6 Å². The molecule has 0 spiro atoms. The van der Waals surface area contributed by atoms with Gasteiger partial charge in [-0.05, 0) is 28.0 Å². The minimum absolute atomic E-state index is 0.0242. The molecule has 3 aromatic rings. The number of hydrogen-bond donors (Lipinski definition) is 2. The number of nitrogens with one attached hydrogen (secondary N) is 1. The van der Waals surface area contributed by atoms with Gasteiger partial charge in [-0.25, -0.2) is 13.4 Å². The van der Waals surface area contributed by atoms with Crippen LogP contribution in [0.3, 0.4) is 0 Å². The van der Waals surface area contributed by atoms with Crippen LogP contribution in [0.15, 0.2) is 90.1 Å². The van der Waals surface area contributed by atoms with Crippen molar-refractivity contribution in [1.82, 2.24) is 14.3 Å². The van der Waals surface area contributed by atoms with E-state index in [0.29, 0.717) is 11.1 Å². The van der Waals surface area contributed by atoms with Crippen LogP contribution < -0.4 is 9.46 Å². The van der Waals surface area contributed by atoms with Crippen molar-refractivity contribution in [2.24, 2.45) is 0 Å². The molecule has 0 fully saturated rings. The molecule has 2 aromatic heterocycles. The van der Waals surface area contributed by atoms with E-state index in [0.717, 1.165) is 10.5 Å². The first-order valence-corrected chi connectivity index (χ1v) is 13.5. The highest BCUT2D eigenvalue weighted by Crippen LogP contribution is 2.32. The maximum Gasteiger partial charge on any atom is 0.346 e. The fourth-order valence-corrected chi connectivity index (χ4v) is 6.08. The molecule has 0 radical (unpaired) electrons. The molecule has 0 saturated carbocycles. The summed E-state index contributed by atoms with van der Waals surface area (Å²) in [6.45, 7) is 7.22. The summed E-state index contributed by atoms with van der Waals surface area (Å²) in [5.74, 6) is 0.257. The molecule has 35 heavy (non-hydrogen) atoms. The average molecular weight is 536 g/mol. The minimum atomic E-state index is -4.08. The Labute approximate surface area is 210 Å². The number of halogens is 1. The molecule has 1 unspecified atom stereocenters. The van der Waals surface area contributed by atoms with Crippen LogP contribution >= 0.6 is 11.6 Å². The Morgan fingerprint density at radius 1 is 1.17 bits per heavy atom. The number of hydrogen-bond acceptors (Lipinski definition) is 6. The van der Waals surface area contributed by atoms with Gasteiger partial charge in [-0.1, -0.05) is 35.9 Å². The van der Waals surface area contributed by atoms with Crippen LogP contribution in [-0.2, 0) is 24.6 Å². The standard InChI is InChI=1S/C23H23ClN4O5S2/c1-4-11-28(12-5-2)35(31,32)22-16-25-10-9-21(22)27-34(29,30)19-8-6-7-17(13-19)18-14-20(24)23(33-3)26-15-18/h4-10,13-16H,1-2,11-12H2,3H3,(H-,25,27,29,30)/p+1. The van der Waals surface area contributed by atoms with Gasteiger partial charge in [0, 0.05) is 43.3 Å². The highest BCUT2D eigenvalue weighted by atomic mass is 35.5. The van der Waals surface area contributed by atoms with Crippen LogP contribution in [-0.4, -0.2) is 47.4 Å². The second-order valence-electron chi connectivity index (χ2n) is 7.14. The van der Waals surface area contributed by atoms with Gasteiger partial charge in [0.05, 0.1) is 7.11 Å². The molecular weight excluding hydrogens is 512 g/mol. The van der Waals surface area contributed by atoms with Gasteiger partial charge in [0.2, 0.25) is 20.8 Å². The monoisotopic (exact) mass is 535 g/mol. The number of pyridine rings is 2. The van der Waals surface area contributed by atoms with E-state index >= 15 is 0 Å². The second-order valence-corrected chi connectivity index (χ2v) is 11.2. The number of anilines is 1. The summed E-state index contributed by atoms with van der Waals surface area (Å²) in [5.41, 5.74) is 1.10. The zero-order chi connectivity index (χ0) is 25.6. The highest BCUT2D eigenvalue weighted by Gasteiger charge is 2.34. The van der Waals surface area contributed by atoms with Crippen molar-refractivity contribution < 1.29 is 21.9 Å². The van der Waals surface area contributed by atoms with E-state index < -0.39 is 20.4 Å². The van der Waals surface area contributed by atoms with Gasteiger partial charge in [-0.2, -0.15) is 13.6 Å². The number of nitrogens with zero attached hydrogens (tertiary/aromatic N) is 3. The van der Waals surface area contributed by atoms with Crippen LogP contribution in [0.2, 0.25) is 5.02 Å². The molecule has 0 aliphatic rings. The molecule has 0 amide bonds. The van der Waals surface area contributed by atoms with Crippen molar-refractivity contribution in [1.29, 1.82) is 0 Å². The average Bonchev–Trinajstić information content (AvgIpc) is 2.84. The van der Waals surface area contributed by atoms with E-state index in [1.807, 2.05) is 0 Å². The lowest BCUT2D eigenvalue weighted by molar-refractivity contribution is 0.398. The number of aromatic nitrogens is 2. The van der Waals surface area contributed by atoms with Crippen molar-refractivity contribution in [2.45, 2.75) is 9.79 Å². The predicted molar refractivity (Wildman–Crippen MR) is 137 cm³/mol. The number of ether oxygens (including phenoxy) is 1. The van der Waals surface area contributed by atoms with Gasteiger partial charge in [0.25, 0.3) is 0 Å². The summed E-state index contributed by atoms with van der Waals surface area (Å²) in [7, 11) is -6.56. The normalized spacial score (nSPS) is 13.1. The third-order valence-electron chi connectivity index (χ3n) is 4.80. The highest BCUT2D eigenvalue weighted by molar-refractivity contribution is 7.99. The first kappa shape index (κ1) is 26.5.